The number of fused-ring (bicyclic) bond motifs is 1. The highest BCUT2D eigenvalue weighted by molar-refractivity contribution is 9.10. The third kappa shape index (κ3) is 2.95. The van der Waals surface area contributed by atoms with E-state index in [9.17, 15) is 5.11 Å². The lowest BCUT2D eigenvalue weighted by molar-refractivity contribution is 0.208. The molecule has 0 radical (unpaired) electrons. The van der Waals surface area contributed by atoms with Gasteiger partial charge in [0.1, 0.15) is 5.82 Å². The molecule has 1 atom stereocenters. The molecule has 5 nitrogen and oxygen atoms in total. The second kappa shape index (κ2) is 6.24. The van der Waals surface area contributed by atoms with Gasteiger partial charge >= 0.3 is 0 Å². The van der Waals surface area contributed by atoms with Crippen LogP contribution in [0.5, 0.6) is 0 Å². The van der Waals surface area contributed by atoms with E-state index in [0.29, 0.717) is 17.2 Å². The molecule has 0 bridgehead atoms. The van der Waals surface area contributed by atoms with Gasteiger partial charge in [0.25, 0.3) is 0 Å². The zero-order valence-corrected chi connectivity index (χ0v) is 14.1. The van der Waals surface area contributed by atoms with E-state index in [-0.39, 0.29) is 0 Å². The summed E-state index contributed by atoms with van der Waals surface area (Å²) < 4.78 is 2.48. The monoisotopic (exact) mass is 380 g/mol. The van der Waals surface area contributed by atoms with Crippen molar-refractivity contribution in [3.8, 4) is 11.3 Å². The molecule has 2 N–H and O–H groups in total. The molecule has 0 amide bonds. The van der Waals surface area contributed by atoms with Gasteiger partial charge in [-0.25, -0.2) is 4.98 Å². The van der Waals surface area contributed by atoms with Crippen molar-refractivity contribution in [1.82, 2.24) is 14.6 Å². The van der Waals surface area contributed by atoms with Gasteiger partial charge in [0.2, 0.25) is 0 Å². The molecule has 3 aromatic rings. The van der Waals surface area contributed by atoms with E-state index in [1.165, 1.54) is 0 Å². The number of aromatic nitrogens is 3. The molecule has 0 aliphatic carbocycles. The summed E-state index contributed by atoms with van der Waals surface area (Å²) in [6, 6.07) is 9.42. The van der Waals surface area contributed by atoms with Crippen molar-refractivity contribution in [3.63, 3.8) is 0 Å². The van der Waals surface area contributed by atoms with E-state index in [2.05, 4.69) is 31.3 Å². The predicted molar refractivity (Wildman–Crippen MR) is 91.3 cm³/mol. The highest BCUT2D eigenvalue weighted by Crippen LogP contribution is 2.30. The van der Waals surface area contributed by atoms with Crippen LogP contribution in [0.15, 0.2) is 41.0 Å². The number of nitrogens with zero attached hydrogens (tertiary/aromatic N) is 3. The van der Waals surface area contributed by atoms with Crippen LogP contribution < -0.4 is 5.32 Å². The zero-order chi connectivity index (χ0) is 15.7. The van der Waals surface area contributed by atoms with Crippen LogP contribution in [0.1, 0.15) is 6.92 Å². The summed E-state index contributed by atoms with van der Waals surface area (Å²) in [5, 5.41) is 17.6. The van der Waals surface area contributed by atoms with E-state index in [1.54, 1.807) is 17.6 Å². The van der Waals surface area contributed by atoms with Crippen molar-refractivity contribution in [2.75, 3.05) is 11.9 Å². The third-order valence-corrected chi connectivity index (χ3v) is 4.05. The fraction of sp³-hybridized carbons (Fsp3) is 0.200. The highest BCUT2D eigenvalue weighted by Gasteiger charge is 2.13. The van der Waals surface area contributed by atoms with Crippen LogP contribution in [0.4, 0.5) is 5.82 Å². The lowest BCUT2D eigenvalue weighted by Crippen LogP contribution is -2.17. The minimum atomic E-state index is -0.467. The largest absolute Gasteiger partial charge is 0.392 e. The first-order chi connectivity index (χ1) is 10.6. The van der Waals surface area contributed by atoms with Crippen LogP contribution in [0.25, 0.3) is 16.9 Å². The van der Waals surface area contributed by atoms with Gasteiger partial charge in [-0.1, -0.05) is 29.8 Å². The molecule has 2 heterocycles. The fourth-order valence-corrected chi connectivity index (χ4v) is 2.70. The maximum atomic E-state index is 9.48. The smallest absolute Gasteiger partial charge is 0.172 e. The second-order valence-electron chi connectivity index (χ2n) is 4.96. The Bertz CT molecular complexity index is 818. The molecule has 0 unspecified atom stereocenters. The maximum absolute atomic E-state index is 9.48. The van der Waals surface area contributed by atoms with Crippen LogP contribution in [0.2, 0.25) is 5.02 Å². The average Bonchev–Trinajstić information content (AvgIpc) is 2.87. The Morgan fingerprint density at radius 3 is 2.91 bits per heavy atom. The van der Waals surface area contributed by atoms with Gasteiger partial charge < -0.3 is 10.4 Å². The minimum Gasteiger partial charge on any atom is -0.392 e. The normalized spacial score (nSPS) is 12.5. The number of aliphatic hydroxyl groups excluding tert-OH is 1. The number of benzene rings is 1. The molecule has 0 fully saturated rings. The Labute approximate surface area is 141 Å². The lowest BCUT2D eigenvalue weighted by atomic mass is 10.1. The molecule has 2 aromatic heterocycles. The first kappa shape index (κ1) is 15.3. The number of hydrogen-bond acceptors (Lipinski definition) is 4. The summed E-state index contributed by atoms with van der Waals surface area (Å²) in [5.74, 6) is 0.742. The van der Waals surface area contributed by atoms with Crippen LogP contribution in [-0.2, 0) is 0 Å². The van der Waals surface area contributed by atoms with Crippen LogP contribution in [-0.4, -0.2) is 32.4 Å². The van der Waals surface area contributed by atoms with Gasteiger partial charge in [-0.2, -0.15) is 9.61 Å². The van der Waals surface area contributed by atoms with Gasteiger partial charge in [-0.15, -0.1) is 0 Å². The summed E-state index contributed by atoms with van der Waals surface area (Å²) in [5.41, 5.74) is 2.28. The van der Waals surface area contributed by atoms with E-state index >= 15 is 0 Å². The molecule has 0 aliphatic rings. The quantitative estimate of drug-likeness (QED) is 0.725. The Hall–Kier alpha value is -1.63. The molecule has 0 spiro atoms. The number of anilines is 1. The van der Waals surface area contributed by atoms with Crippen molar-refractivity contribution in [2.24, 2.45) is 0 Å². The number of aliphatic hydroxyl groups is 1. The molecule has 3 rings (SSSR count). The van der Waals surface area contributed by atoms with Gasteiger partial charge in [-0.3, -0.25) is 0 Å². The Morgan fingerprint density at radius 2 is 2.18 bits per heavy atom. The SMILES string of the molecule is C[C@@H](O)CNc1cc(-c2ccccc2Cl)nc2c(Br)cnn12. The second-order valence-corrected chi connectivity index (χ2v) is 6.23. The topological polar surface area (TPSA) is 62.5 Å². The average molecular weight is 382 g/mol. The lowest BCUT2D eigenvalue weighted by Gasteiger charge is -2.12. The van der Waals surface area contributed by atoms with Crippen molar-refractivity contribution in [2.45, 2.75) is 13.0 Å². The first-order valence-electron chi connectivity index (χ1n) is 6.77. The fourth-order valence-electron chi connectivity index (χ4n) is 2.12. The molecular formula is C15H14BrClN4O. The molecule has 114 valence electrons. The van der Waals surface area contributed by atoms with E-state index in [0.717, 1.165) is 21.5 Å². The van der Waals surface area contributed by atoms with Gasteiger partial charge in [0, 0.05) is 23.2 Å². The minimum absolute atomic E-state index is 0.415. The maximum Gasteiger partial charge on any atom is 0.172 e. The Kier molecular flexibility index (Phi) is 4.33. The van der Waals surface area contributed by atoms with E-state index in [1.807, 2.05) is 30.3 Å². The summed E-state index contributed by atoms with van der Waals surface area (Å²) in [4.78, 5) is 4.62. The molecule has 22 heavy (non-hydrogen) atoms. The van der Waals surface area contributed by atoms with Crippen LogP contribution in [0.3, 0.4) is 0 Å². The number of halogens is 2. The number of rotatable bonds is 4. The van der Waals surface area contributed by atoms with Crippen molar-refractivity contribution < 1.29 is 5.11 Å². The van der Waals surface area contributed by atoms with Gasteiger partial charge in [-0.05, 0) is 28.9 Å². The zero-order valence-electron chi connectivity index (χ0n) is 11.8. The first-order valence-corrected chi connectivity index (χ1v) is 7.94. The van der Waals surface area contributed by atoms with Crippen molar-refractivity contribution in [3.05, 3.63) is 46.0 Å². The summed E-state index contributed by atoms with van der Waals surface area (Å²) in [6.07, 6.45) is 1.22. The Balaban J connectivity index is 2.15. The summed E-state index contributed by atoms with van der Waals surface area (Å²) >= 11 is 9.72. The Morgan fingerprint density at radius 1 is 1.41 bits per heavy atom. The van der Waals surface area contributed by atoms with Crippen molar-refractivity contribution >= 4 is 39.0 Å². The molecule has 1 aromatic carbocycles. The number of nitrogens with one attached hydrogen (secondary N) is 1. The van der Waals surface area contributed by atoms with E-state index in [4.69, 9.17) is 11.6 Å². The predicted octanol–water partition coefficient (Wildman–Crippen LogP) is 3.60. The summed E-state index contributed by atoms with van der Waals surface area (Å²) in [6.45, 7) is 2.14. The molecule has 0 saturated heterocycles. The third-order valence-electron chi connectivity index (χ3n) is 3.16. The molecular weight excluding hydrogens is 368 g/mol. The van der Waals surface area contributed by atoms with Gasteiger partial charge in [0.15, 0.2) is 5.65 Å². The summed E-state index contributed by atoms with van der Waals surface area (Å²) in [7, 11) is 0. The number of hydrogen-bond donors (Lipinski definition) is 2. The van der Waals surface area contributed by atoms with Crippen LogP contribution >= 0.6 is 27.5 Å². The van der Waals surface area contributed by atoms with Crippen molar-refractivity contribution in [1.29, 1.82) is 0 Å². The standard InChI is InChI=1S/C15H14BrClN4O/c1-9(22)7-18-14-6-13(10-4-2-3-5-12(10)17)20-15-11(16)8-19-21(14)15/h2-6,8-9,18,22H,7H2,1H3/t9-/m1/s1. The van der Waals surface area contributed by atoms with E-state index < -0.39 is 6.10 Å². The molecule has 0 aliphatic heterocycles. The molecule has 0 saturated carbocycles. The molecule has 7 heteroatoms. The van der Waals surface area contributed by atoms with Crippen LogP contribution in [0, 0.1) is 0 Å². The highest BCUT2D eigenvalue weighted by atomic mass is 79.9. The van der Waals surface area contributed by atoms with Gasteiger partial charge in [0.05, 0.1) is 22.5 Å².